The minimum atomic E-state index is 0.335. The first kappa shape index (κ1) is 13.0. The largest absolute Gasteiger partial charge is 0.486 e. The molecule has 3 rings (SSSR count). The van der Waals surface area contributed by atoms with Gasteiger partial charge < -0.3 is 14.9 Å². The number of rotatable bonds is 4. The number of furan rings is 1. The van der Waals surface area contributed by atoms with E-state index < -0.39 is 0 Å². The van der Waals surface area contributed by atoms with Crippen molar-refractivity contribution in [2.75, 3.05) is 0 Å². The van der Waals surface area contributed by atoms with Crippen LogP contribution in [0.4, 0.5) is 0 Å². The molecule has 2 aromatic carbocycles. The maximum Gasteiger partial charge on any atom is 0.147 e. The number of halogens is 1. The van der Waals surface area contributed by atoms with E-state index in [1.54, 1.807) is 12.1 Å². The van der Waals surface area contributed by atoms with Gasteiger partial charge in [0.1, 0.15) is 23.7 Å². The van der Waals surface area contributed by atoms with Crippen LogP contribution < -0.4 is 10.5 Å². The highest BCUT2D eigenvalue weighted by Gasteiger charge is 2.12. The Morgan fingerprint density at radius 2 is 1.95 bits per heavy atom. The van der Waals surface area contributed by atoms with Crippen molar-refractivity contribution in [3.8, 4) is 5.75 Å². The maximum atomic E-state index is 5.93. The molecule has 1 heterocycles. The van der Waals surface area contributed by atoms with Crippen LogP contribution in [0.25, 0.3) is 11.0 Å². The van der Waals surface area contributed by atoms with Crippen LogP contribution in [-0.4, -0.2) is 0 Å². The second-order valence-corrected chi connectivity index (χ2v) is 4.89. The summed E-state index contributed by atoms with van der Waals surface area (Å²) in [7, 11) is 0. The first-order chi connectivity index (χ1) is 9.78. The number of hydrogen-bond acceptors (Lipinski definition) is 3. The molecule has 3 nitrogen and oxygen atoms in total. The maximum absolute atomic E-state index is 5.93. The Labute approximate surface area is 121 Å². The first-order valence-electron chi connectivity index (χ1n) is 6.35. The molecule has 4 heteroatoms. The summed E-state index contributed by atoms with van der Waals surface area (Å²) in [6.07, 6.45) is 0. The van der Waals surface area contributed by atoms with Crippen LogP contribution in [0.1, 0.15) is 11.3 Å². The molecule has 20 heavy (non-hydrogen) atoms. The molecule has 0 fully saturated rings. The number of para-hydroxylation sites is 1. The molecule has 0 bridgehead atoms. The lowest BCUT2D eigenvalue weighted by Crippen LogP contribution is -2.02. The van der Waals surface area contributed by atoms with E-state index in [0.717, 1.165) is 22.3 Å². The summed E-state index contributed by atoms with van der Waals surface area (Å²) in [5.41, 5.74) is 7.64. The normalized spacial score (nSPS) is 10.9. The lowest BCUT2D eigenvalue weighted by atomic mass is 10.1. The Balaban J connectivity index is 1.87. The second kappa shape index (κ2) is 5.57. The number of hydrogen-bond donors (Lipinski definition) is 1. The van der Waals surface area contributed by atoms with Crippen LogP contribution in [-0.2, 0) is 13.2 Å². The van der Waals surface area contributed by atoms with Crippen molar-refractivity contribution in [1.82, 2.24) is 0 Å². The van der Waals surface area contributed by atoms with Crippen molar-refractivity contribution in [2.24, 2.45) is 5.73 Å². The average molecular weight is 288 g/mol. The van der Waals surface area contributed by atoms with E-state index >= 15 is 0 Å². The predicted octanol–water partition coefficient (Wildman–Crippen LogP) is 4.12. The highest BCUT2D eigenvalue weighted by molar-refractivity contribution is 6.30. The van der Waals surface area contributed by atoms with Gasteiger partial charge in [-0.3, -0.25) is 0 Å². The standard InChI is InChI=1S/C16H14ClNO2/c17-11-4-3-5-12(8-11)19-10-16-14(9-18)13-6-1-2-7-15(13)20-16/h1-8H,9-10,18H2. The summed E-state index contributed by atoms with van der Waals surface area (Å²) in [6, 6.07) is 15.1. The third kappa shape index (κ3) is 2.50. The zero-order valence-electron chi connectivity index (χ0n) is 10.8. The van der Waals surface area contributed by atoms with Crippen molar-refractivity contribution < 1.29 is 9.15 Å². The number of fused-ring (bicyclic) bond motifs is 1. The average Bonchev–Trinajstić information content (AvgIpc) is 2.82. The second-order valence-electron chi connectivity index (χ2n) is 4.45. The molecule has 0 saturated heterocycles. The van der Waals surface area contributed by atoms with Crippen molar-refractivity contribution in [3.05, 3.63) is 64.9 Å². The molecule has 0 aliphatic carbocycles. The molecule has 1 aromatic heterocycles. The topological polar surface area (TPSA) is 48.4 Å². The monoisotopic (exact) mass is 287 g/mol. The van der Waals surface area contributed by atoms with E-state index in [0.29, 0.717) is 23.9 Å². The van der Waals surface area contributed by atoms with Gasteiger partial charge in [-0.05, 0) is 24.3 Å². The minimum Gasteiger partial charge on any atom is -0.486 e. The highest BCUT2D eigenvalue weighted by atomic mass is 35.5. The van der Waals surface area contributed by atoms with Crippen LogP contribution in [0.5, 0.6) is 5.75 Å². The van der Waals surface area contributed by atoms with Crippen LogP contribution in [0, 0.1) is 0 Å². The lowest BCUT2D eigenvalue weighted by molar-refractivity contribution is 0.272. The Hall–Kier alpha value is -1.97. The van der Waals surface area contributed by atoms with Crippen LogP contribution in [0.2, 0.25) is 5.02 Å². The summed E-state index contributed by atoms with van der Waals surface area (Å²) in [6.45, 7) is 0.757. The van der Waals surface area contributed by atoms with Crippen LogP contribution in [0.3, 0.4) is 0 Å². The molecule has 0 aliphatic heterocycles. The fraction of sp³-hybridized carbons (Fsp3) is 0.125. The molecule has 0 amide bonds. The molecular weight excluding hydrogens is 274 g/mol. The first-order valence-corrected chi connectivity index (χ1v) is 6.73. The fourth-order valence-corrected chi connectivity index (χ4v) is 2.38. The Morgan fingerprint density at radius 1 is 1.10 bits per heavy atom. The van der Waals surface area contributed by atoms with Gasteiger partial charge in [0.2, 0.25) is 0 Å². The minimum absolute atomic E-state index is 0.335. The van der Waals surface area contributed by atoms with Crippen LogP contribution >= 0.6 is 11.6 Å². The van der Waals surface area contributed by atoms with E-state index in [1.807, 2.05) is 36.4 Å². The zero-order chi connectivity index (χ0) is 13.9. The fourth-order valence-electron chi connectivity index (χ4n) is 2.20. The molecule has 0 saturated carbocycles. The molecular formula is C16H14ClNO2. The summed E-state index contributed by atoms with van der Waals surface area (Å²) >= 11 is 5.93. The molecule has 3 aromatic rings. The molecule has 102 valence electrons. The van der Waals surface area contributed by atoms with E-state index in [4.69, 9.17) is 26.5 Å². The Bertz CT molecular complexity index is 736. The zero-order valence-corrected chi connectivity index (χ0v) is 11.6. The summed E-state index contributed by atoms with van der Waals surface area (Å²) in [5, 5.41) is 1.69. The van der Waals surface area contributed by atoms with Gasteiger partial charge in [0.25, 0.3) is 0 Å². The lowest BCUT2D eigenvalue weighted by Gasteiger charge is -2.05. The van der Waals surface area contributed by atoms with Gasteiger partial charge in [0.15, 0.2) is 0 Å². The molecule has 0 unspecified atom stereocenters. The van der Waals surface area contributed by atoms with E-state index in [9.17, 15) is 0 Å². The molecule has 2 N–H and O–H groups in total. The van der Waals surface area contributed by atoms with E-state index in [2.05, 4.69) is 0 Å². The number of benzene rings is 2. The van der Waals surface area contributed by atoms with Crippen molar-refractivity contribution in [3.63, 3.8) is 0 Å². The van der Waals surface area contributed by atoms with Gasteiger partial charge >= 0.3 is 0 Å². The summed E-state index contributed by atoms with van der Waals surface area (Å²) in [4.78, 5) is 0. The van der Waals surface area contributed by atoms with Gasteiger partial charge in [0, 0.05) is 22.5 Å². The SMILES string of the molecule is NCc1c(COc2cccc(Cl)c2)oc2ccccc12. The predicted molar refractivity (Wildman–Crippen MR) is 79.9 cm³/mol. The van der Waals surface area contributed by atoms with E-state index in [-0.39, 0.29) is 0 Å². The summed E-state index contributed by atoms with van der Waals surface area (Å²) < 4.78 is 11.5. The van der Waals surface area contributed by atoms with Crippen molar-refractivity contribution >= 4 is 22.6 Å². The van der Waals surface area contributed by atoms with Gasteiger partial charge in [-0.15, -0.1) is 0 Å². The third-order valence-electron chi connectivity index (χ3n) is 3.15. The molecule has 0 radical (unpaired) electrons. The highest BCUT2D eigenvalue weighted by Crippen LogP contribution is 2.27. The Kier molecular flexibility index (Phi) is 3.63. The van der Waals surface area contributed by atoms with Crippen molar-refractivity contribution in [2.45, 2.75) is 13.2 Å². The number of ether oxygens (including phenoxy) is 1. The molecule has 0 spiro atoms. The Morgan fingerprint density at radius 3 is 2.75 bits per heavy atom. The molecule has 0 aliphatic rings. The van der Waals surface area contributed by atoms with Gasteiger partial charge in [-0.1, -0.05) is 35.9 Å². The quantitative estimate of drug-likeness (QED) is 0.785. The van der Waals surface area contributed by atoms with Crippen LogP contribution in [0.15, 0.2) is 52.9 Å². The van der Waals surface area contributed by atoms with Gasteiger partial charge in [0.05, 0.1) is 0 Å². The van der Waals surface area contributed by atoms with Gasteiger partial charge in [-0.25, -0.2) is 0 Å². The van der Waals surface area contributed by atoms with Gasteiger partial charge in [-0.2, -0.15) is 0 Å². The third-order valence-corrected chi connectivity index (χ3v) is 3.39. The molecule has 0 atom stereocenters. The number of nitrogens with two attached hydrogens (primary N) is 1. The smallest absolute Gasteiger partial charge is 0.147 e. The van der Waals surface area contributed by atoms with Crippen molar-refractivity contribution in [1.29, 1.82) is 0 Å². The summed E-state index contributed by atoms with van der Waals surface area (Å²) in [5.74, 6) is 1.47. The van der Waals surface area contributed by atoms with E-state index in [1.165, 1.54) is 0 Å².